The Morgan fingerprint density at radius 2 is 2.26 bits per heavy atom. The molecule has 2 aromatic rings. The molecule has 1 aromatic heterocycles. The van der Waals surface area contributed by atoms with Gasteiger partial charge in [0.2, 0.25) is 5.91 Å². The molecule has 2 heterocycles. The second-order valence-electron chi connectivity index (χ2n) is 5.88. The lowest BCUT2D eigenvalue weighted by atomic mass is 10.2. The monoisotopic (exact) mass is 315 g/mol. The number of carbonyl (C=O) groups excluding carboxylic acids is 2. The van der Waals surface area contributed by atoms with E-state index >= 15 is 0 Å². The fourth-order valence-corrected chi connectivity index (χ4v) is 2.93. The van der Waals surface area contributed by atoms with Crippen molar-refractivity contribution in [2.45, 2.75) is 25.8 Å². The molecule has 1 saturated heterocycles. The second-order valence-corrected chi connectivity index (χ2v) is 5.88. The number of nitrogens with one attached hydrogen (secondary N) is 2. The number of carbonyl (C=O) groups is 2. The van der Waals surface area contributed by atoms with Crippen LogP contribution in [0.5, 0.6) is 0 Å². The van der Waals surface area contributed by atoms with Gasteiger partial charge in [-0.15, -0.1) is 0 Å². The summed E-state index contributed by atoms with van der Waals surface area (Å²) < 4.78 is 1.76. The number of benzene rings is 1. The number of likely N-dealkylation sites (tertiary alicyclic amines) is 1. The van der Waals surface area contributed by atoms with Crippen LogP contribution in [-0.2, 0) is 11.8 Å². The Morgan fingerprint density at radius 1 is 1.43 bits per heavy atom. The van der Waals surface area contributed by atoms with Crippen molar-refractivity contribution in [3.05, 3.63) is 24.4 Å². The zero-order chi connectivity index (χ0) is 16.4. The highest BCUT2D eigenvalue weighted by atomic mass is 16.2. The lowest BCUT2D eigenvalue weighted by molar-refractivity contribution is -0.127. The van der Waals surface area contributed by atoms with Crippen LogP contribution in [0.2, 0.25) is 0 Å². The molecular formula is C16H21N5O2. The highest BCUT2D eigenvalue weighted by molar-refractivity contribution is 5.93. The van der Waals surface area contributed by atoms with Crippen LogP contribution in [-0.4, -0.2) is 45.8 Å². The predicted molar refractivity (Wildman–Crippen MR) is 88.1 cm³/mol. The largest absolute Gasteiger partial charge is 0.341 e. The molecule has 3 amide bonds. The van der Waals surface area contributed by atoms with E-state index in [4.69, 9.17) is 0 Å². The molecule has 1 aromatic carbocycles. The Hall–Kier alpha value is -2.57. The molecule has 0 aliphatic carbocycles. The van der Waals surface area contributed by atoms with Crippen LogP contribution in [0.4, 0.5) is 10.5 Å². The van der Waals surface area contributed by atoms with Gasteiger partial charge in [0, 0.05) is 37.6 Å². The van der Waals surface area contributed by atoms with Crippen molar-refractivity contribution in [1.29, 1.82) is 0 Å². The van der Waals surface area contributed by atoms with Crippen molar-refractivity contribution < 1.29 is 9.59 Å². The minimum atomic E-state index is -0.289. The number of nitrogens with zero attached hydrogens (tertiary/aromatic N) is 3. The van der Waals surface area contributed by atoms with Crippen molar-refractivity contribution in [3.8, 4) is 0 Å². The fourth-order valence-electron chi connectivity index (χ4n) is 2.93. The number of fused-ring (bicyclic) bond motifs is 1. The van der Waals surface area contributed by atoms with Gasteiger partial charge in [0.25, 0.3) is 0 Å². The average molecular weight is 315 g/mol. The zero-order valence-electron chi connectivity index (χ0n) is 13.4. The van der Waals surface area contributed by atoms with E-state index in [2.05, 4.69) is 15.7 Å². The highest BCUT2D eigenvalue weighted by Crippen LogP contribution is 2.18. The zero-order valence-corrected chi connectivity index (χ0v) is 13.4. The summed E-state index contributed by atoms with van der Waals surface area (Å²) in [4.78, 5) is 25.7. The Bertz CT molecular complexity index is 739. The standard InChI is InChI=1S/C16H21N5O2/c1-3-6-21-10-13(8-15(21)22)19-16(23)18-12-5-4-11-9-17-20(2)14(11)7-12/h4-5,7,9,13H,3,6,8,10H2,1-2H3,(H2,18,19,23). The summed E-state index contributed by atoms with van der Waals surface area (Å²) in [7, 11) is 1.86. The van der Waals surface area contributed by atoms with Crippen molar-refractivity contribution in [2.75, 3.05) is 18.4 Å². The van der Waals surface area contributed by atoms with Crippen LogP contribution in [0, 0.1) is 0 Å². The van der Waals surface area contributed by atoms with Gasteiger partial charge in [-0.05, 0) is 24.6 Å². The number of aromatic nitrogens is 2. The van der Waals surface area contributed by atoms with Gasteiger partial charge in [0.1, 0.15) is 0 Å². The maximum atomic E-state index is 12.1. The van der Waals surface area contributed by atoms with E-state index in [0.717, 1.165) is 23.9 Å². The Balaban J connectivity index is 1.60. The van der Waals surface area contributed by atoms with E-state index in [0.29, 0.717) is 18.7 Å². The average Bonchev–Trinajstić information content (AvgIpc) is 3.03. The minimum absolute atomic E-state index is 0.105. The molecule has 122 valence electrons. The Morgan fingerprint density at radius 3 is 3.04 bits per heavy atom. The summed E-state index contributed by atoms with van der Waals surface area (Å²) in [5.41, 5.74) is 1.65. The Kier molecular flexibility index (Phi) is 4.18. The van der Waals surface area contributed by atoms with Crippen LogP contribution in [0.25, 0.3) is 10.9 Å². The van der Waals surface area contributed by atoms with E-state index in [-0.39, 0.29) is 18.0 Å². The lowest BCUT2D eigenvalue weighted by Gasteiger charge is -2.16. The first-order chi connectivity index (χ1) is 11.1. The molecule has 1 unspecified atom stereocenters. The van der Waals surface area contributed by atoms with Gasteiger partial charge in [-0.1, -0.05) is 6.92 Å². The highest BCUT2D eigenvalue weighted by Gasteiger charge is 2.29. The molecule has 7 nitrogen and oxygen atoms in total. The topological polar surface area (TPSA) is 79.3 Å². The van der Waals surface area contributed by atoms with Gasteiger partial charge in [-0.25, -0.2) is 4.79 Å². The van der Waals surface area contributed by atoms with E-state index < -0.39 is 0 Å². The van der Waals surface area contributed by atoms with Gasteiger partial charge in [0.05, 0.1) is 17.8 Å². The normalized spacial score (nSPS) is 17.7. The first-order valence-electron chi connectivity index (χ1n) is 7.84. The first kappa shape index (κ1) is 15.3. The molecule has 1 atom stereocenters. The molecule has 0 radical (unpaired) electrons. The second kappa shape index (κ2) is 6.28. The fraction of sp³-hybridized carbons (Fsp3) is 0.438. The predicted octanol–water partition coefficient (Wildman–Crippen LogP) is 1.71. The Labute approximate surface area is 134 Å². The number of anilines is 1. The third-order valence-electron chi connectivity index (χ3n) is 4.05. The van der Waals surface area contributed by atoms with Crippen molar-refractivity contribution in [3.63, 3.8) is 0 Å². The summed E-state index contributed by atoms with van der Waals surface area (Å²) in [6, 6.07) is 5.22. The van der Waals surface area contributed by atoms with Gasteiger partial charge >= 0.3 is 6.03 Å². The van der Waals surface area contributed by atoms with E-state index in [1.54, 1.807) is 15.8 Å². The van der Waals surface area contributed by atoms with E-state index in [1.165, 1.54) is 0 Å². The lowest BCUT2D eigenvalue weighted by Crippen LogP contribution is -2.39. The molecule has 1 aliphatic rings. The maximum absolute atomic E-state index is 12.1. The molecule has 7 heteroatoms. The van der Waals surface area contributed by atoms with Gasteiger partial charge in [0.15, 0.2) is 0 Å². The van der Waals surface area contributed by atoms with Gasteiger partial charge in [-0.2, -0.15) is 5.10 Å². The molecule has 1 fully saturated rings. The summed E-state index contributed by atoms with van der Waals surface area (Å²) in [5.74, 6) is 0.105. The summed E-state index contributed by atoms with van der Waals surface area (Å²) in [6.07, 6.45) is 3.08. The number of hydrogen-bond donors (Lipinski definition) is 2. The SMILES string of the molecule is CCCN1CC(NC(=O)Nc2ccc3cnn(C)c3c2)CC1=O. The number of urea groups is 1. The van der Waals surface area contributed by atoms with Crippen molar-refractivity contribution in [1.82, 2.24) is 20.0 Å². The number of aryl methyl sites for hydroxylation is 1. The maximum Gasteiger partial charge on any atom is 0.319 e. The molecular weight excluding hydrogens is 294 g/mol. The van der Waals surface area contributed by atoms with Crippen molar-refractivity contribution >= 4 is 28.5 Å². The molecule has 2 N–H and O–H groups in total. The van der Waals surface area contributed by atoms with Gasteiger partial charge < -0.3 is 15.5 Å². The first-order valence-corrected chi connectivity index (χ1v) is 7.84. The quantitative estimate of drug-likeness (QED) is 0.901. The smallest absolute Gasteiger partial charge is 0.319 e. The third kappa shape index (κ3) is 3.28. The molecule has 0 saturated carbocycles. The number of rotatable bonds is 4. The van der Waals surface area contributed by atoms with Crippen LogP contribution >= 0.6 is 0 Å². The van der Waals surface area contributed by atoms with Gasteiger partial charge in [-0.3, -0.25) is 9.48 Å². The summed E-state index contributed by atoms with van der Waals surface area (Å²) in [5, 5.41) is 10.9. The van der Waals surface area contributed by atoms with Crippen LogP contribution in [0.15, 0.2) is 24.4 Å². The van der Waals surface area contributed by atoms with Crippen LogP contribution in [0.1, 0.15) is 19.8 Å². The molecule has 0 spiro atoms. The molecule has 1 aliphatic heterocycles. The number of amides is 3. The number of hydrogen-bond acceptors (Lipinski definition) is 3. The minimum Gasteiger partial charge on any atom is -0.341 e. The summed E-state index contributed by atoms with van der Waals surface area (Å²) >= 11 is 0. The third-order valence-corrected chi connectivity index (χ3v) is 4.05. The molecule has 3 rings (SSSR count). The molecule has 0 bridgehead atoms. The summed E-state index contributed by atoms with van der Waals surface area (Å²) in [6.45, 7) is 3.37. The molecule has 23 heavy (non-hydrogen) atoms. The van der Waals surface area contributed by atoms with E-state index in [9.17, 15) is 9.59 Å². The van der Waals surface area contributed by atoms with Crippen LogP contribution in [0.3, 0.4) is 0 Å². The van der Waals surface area contributed by atoms with E-state index in [1.807, 2.05) is 32.2 Å². The van der Waals surface area contributed by atoms with Crippen LogP contribution < -0.4 is 10.6 Å². The van der Waals surface area contributed by atoms with Crippen molar-refractivity contribution in [2.24, 2.45) is 7.05 Å².